The summed E-state index contributed by atoms with van der Waals surface area (Å²) in [5, 5.41) is 0. The Hall–Kier alpha value is -1.13. The molecule has 0 spiro atoms. The van der Waals surface area contributed by atoms with Crippen molar-refractivity contribution in [2.75, 3.05) is 0 Å². The maximum absolute atomic E-state index is 13.2. The fraction of sp³-hybridized carbons (Fsp3) is 0.704. The van der Waals surface area contributed by atoms with Crippen molar-refractivity contribution in [3.8, 4) is 0 Å². The summed E-state index contributed by atoms with van der Waals surface area (Å²) >= 11 is 0. The predicted octanol–water partition coefficient (Wildman–Crippen LogP) is 5.89. The van der Waals surface area contributed by atoms with Crippen LogP contribution >= 0.6 is 0 Å². The zero-order chi connectivity index (χ0) is 20.9. The van der Waals surface area contributed by atoms with Crippen LogP contribution in [-0.2, 0) is 14.3 Å². The van der Waals surface area contributed by atoms with Crippen LogP contribution in [0.2, 0.25) is 0 Å². The maximum Gasteiger partial charge on any atom is 0.297 e. The van der Waals surface area contributed by atoms with Gasteiger partial charge in [0, 0.05) is 5.92 Å². The normalized spacial score (nSPS) is 45.0. The number of allylic oxidation sites excluding steroid dienone is 1. The van der Waals surface area contributed by atoms with Crippen molar-refractivity contribution in [3.63, 3.8) is 0 Å². The molecule has 1 aromatic rings. The summed E-state index contributed by atoms with van der Waals surface area (Å²) in [5.74, 6) is 5.83. The number of rotatable bonds is 3. The van der Waals surface area contributed by atoms with Gasteiger partial charge in [-0.05, 0) is 118 Å². The van der Waals surface area contributed by atoms with Crippen molar-refractivity contribution >= 4 is 10.1 Å². The first-order valence-corrected chi connectivity index (χ1v) is 14.1. The van der Waals surface area contributed by atoms with Crippen molar-refractivity contribution in [2.24, 2.45) is 47.3 Å². The lowest BCUT2D eigenvalue weighted by Gasteiger charge is -2.59. The fourth-order valence-electron chi connectivity index (χ4n) is 9.29. The summed E-state index contributed by atoms with van der Waals surface area (Å²) in [5.41, 5.74) is 4.61. The smallest absolute Gasteiger partial charge is 0.262 e. The number of aryl methyl sites for hydroxylation is 1. The topological polar surface area (TPSA) is 43.4 Å². The van der Waals surface area contributed by atoms with E-state index in [4.69, 9.17) is 4.18 Å². The molecule has 166 valence electrons. The highest BCUT2D eigenvalue weighted by Gasteiger charge is 2.56. The Labute approximate surface area is 186 Å². The molecule has 0 saturated heterocycles. The lowest BCUT2D eigenvalue weighted by Crippen LogP contribution is -2.53. The summed E-state index contributed by atoms with van der Waals surface area (Å²) in [6.07, 6.45) is 11.8. The first-order valence-electron chi connectivity index (χ1n) is 12.7. The van der Waals surface area contributed by atoms with Crippen molar-refractivity contribution in [3.05, 3.63) is 41.0 Å². The lowest BCUT2D eigenvalue weighted by atomic mass is 9.47. The van der Waals surface area contributed by atoms with Crippen molar-refractivity contribution < 1.29 is 12.6 Å². The summed E-state index contributed by atoms with van der Waals surface area (Å²) in [6, 6.07) is 7.15. The predicted molar refractivity (Wildman–Crippen MR) is 120 cm³/mol. The molecule has 31 heavy (non-hydrogen) atoms. The third-order valence-corrected chi connectivity index (χ3v) is 11.4. The van der Waals surface area contributed by atoms with E-state index in [0.29, 0.717) is 16.7 Å². The van der Waals surface area contributed by atoms with E-state index in [1.165, 1.54) is 44.9 Å². The second kappa shape index (κ2) is 6.70. The Kier molecular flexibility index (Phi) is 4.18. The summed E-state index contributed by atoms with van der Waals surface area (Å²) < 4.78 is 32.6. The molecule has 8 aliphatic carbocycles. The molecule has 4 heteroatoms. The molecule has 8 saturated carbocycles. The van der Waals surface area contributed by atoms with Gasteiger partial charge in [-0.3, -0.25) is 4.18 Å². The molecule has 0 amide bonds. The standard InChI is InChI=1S/C27H34O3S/c1-15-2-4-23(5-3-15)31(28,29)30-27-22-12-18-11-21(14-22)26(24(27)13-18)25-19-7-16-6-17(9-19)10-20(25)8-16/h2-5,16-22,24,27H,6-14H2,1H3/t16?,17?,18-,19?,20?,21+,22-,24+,27-/m0/s1. The molecule has 0 aliphatic heterocycles. The van der Waals surface area contributed by atoms with E-state index in [1.807, 2.05) is 24.6 Å². The van der Waals surface area contributed by atoms with Gasteiger partial charge in [-0.25, -0.2) is 0 Å². The summed E-state index contributed by atoms with van der Waals surface area (Å²) in [7, 11) is -3.72. The van der Waals surface area contributed by atoms with Crippen molar-refractivity contribution in [2.45, 2.75) is 75.7 Å². The molecule has 0 heterocycles. The Bertz CT molecular complexity index is 1010. The number of benzene rings is 1. The Morgan fingerprint density at radius 2 is 1.29 bits per heavy atom. The highest BCUT2D eigenvalue weighted by Crippen LogP contribution is 2.64. The summed E-state index contributed by atoms with van der Waals surface area (Å²) in [6.45, 7) is 1.98. The zero-order valence-electron chi connectivity index (χ0n) is 18.5. The zero-order valence-corrected chi connectivity index (χ0v) is 19.3. The van der Waals surface area contributed by atoms with Gasteiger partial charge in [0.25, 0.3) is 10.1 Å². The first-order chi connectivity index (χ1) is 14.9. The largest absolute Gasteiger partial charge is 0.297 e. The van der Waals surface area contributed by atoms with E-state index in [2.05, 4.69) is 0 Å². The van der Waals surface area contributed by atoms with Crippen LogP contribution in [0.4, 0.5) is 0 Å². The van der Waals surface area contributed by atoms with Crippen LogP contribution in [0.5, 0.6) is 0 Å². The molecule has 3 nitrogen and oxygen atoms in total. The molecule has 8 bridgehead atoms. The number of hydrogen-bond donors (Lipinski definition) is 0. The van der Waals surface area contributed by atoms with Gasteiger partial charge >= 0.3 is 0 Å². The van der Waals surface area contributed by atoms with Crippen LogP contribution in [0, 0.1) is 54.3 Å². The molecular formula is C27H34O3S. The number of hydrogen-bond acceptors (Lipinski definition) is 3. The van der Waals surface area contributed by atoms with Gasteiger partial charge in [-0.15, -0.1) is 0 Å². The third-order valence-electron chi connectivity index (χ3n) is 10.0. The minimum atomic E-state index is -3.72. The van der Waals surface area contributed by atoms with E-state index < -0.39 is 10.1 Å². The quantitative estimate of drug-likeness (QED) is 0.437. The summed E-state index contributed by atoms with van der Waals surface area (Å²) in [4.78, 5) is 0.315. The highest BCUT2D eigenvalue weighted by molar-refractivity contribution is 7.86. The Balaban J connectivity index is 1.25. The van der Waals surface area contributed by atoms with Gasteiger partial charge < -0.3 is 0 Å². The van der Waals surface area contributed by atoms with Crippen LogP contribution in [0.15, 0.2) is 40.3 Å². The molecule has 8 aliphatic rings. The van der Waals surface area contributed by atoms with E-state index in [0.717, 1.165) is 53.9 Å². The highest BCUT2D eigenvalue weighted by atomic mass is 32.2. The Morgan fingerprint density at radius 3 is 1.94 bits per heavy atom. The van der Waals surface area contributed by atoms with Crippen LogP contribution < -0.4 is 0 Å². The van der Waals surface area contributed by atoms with Gasteiger partial charge in [-0.2, -0.15) is 8.42 Å². The second-order valence-electron chi connectivity index (χ2n) is 11.9. The minimum Gasteiger partial charge on any atom is -0.262 e. The van der Waals surface area contributed by atoms with E-state index in [-0.39, 0.29) is 6.10 Å². The molecule has 5 atom stereocenters. The molecule has 8 fully saturated rings. The van der Waals surface area contributed by atoms with Crippen molar-refractivity contribution in [1.29, 1.82) is 0 Å². The molecule has 0 aromatic heterocycles. The average Bonchev–Trinajstić information content (AvgIpc) is 2.71. The average molecular weight is 439 g/mol. The van der Waals surface area contributed by atoms with Gasteiger partial charge in [0.15, 0.2) is 0 Å². The van der Waals surface area contributed by atoms with Crippen LogP contribution in [0.3, 0.4) is 0 Å². The van der Waals surface area contributed by atoms with Gasteiger partial charge in [0.05, 0.1) is 11.0 Å². The van der Waals surface area contributed by atoms with Gasteiger partial charge in [-0.1, -0.05) is 28.8 Å². The molecule has 1 aromatic carbocycles. The molecular weight excluding hydrogens is 404 g/mol. The van der Waals surface area contributed by atoms with Crippen LogP contribution in [0.1, 0.15) is 63.4 Å². The lowest BCUT2D eigenvalue weighted by molar-refractivity contribution is -0.0454. The van der Waals surface area contributed by atoms with Crippen molar-refractivity contribution in [1.82, 2.24) is 0 Å². The van der Waals surface area contributed by atoms with E-state index in [1.54, 1.807) is 17.7 Å². The first kappa shape index (κ1) is 19.3. The maximum atomic E-state index is 13.2. The third kappa shape index (κ3) is 2.96. The van der Waals surface area contributed by atoms with Gasteiger partial charge in [0.1, 0.15) is 0 Å². The van der Waals surface area contributed by atoms with Crippen LogP contribution in [0.25, 0.3) is 0 Å². The Morgan fingerprint density at radius 1 is 0.710 bits per heavy atom. The van der Waals surface area contributed by atoms with Gasteiger partial charge in [0.2, 0.25) is 0 Å². The fourth-order valence-corrected chi connectivity index (χ4v) is 10.5. The second-order valence-corrected chi connectivity index (χ2v) is 13.5. The molecule has 9 rings (SSSR count). The SMILES string of the molecule is Cc1ccc(S(=O)(=O)O[C@H]2[C@H]3C[C@@H]4C[C@H](C3)C(=C3C5CC6CC(C5)CC3C6)[C@H]2C4)cc1. The molecule has 0 radical (unpaired) electrons. The minimum absolute atomic E-state index is 0.140. The van der Waals surface area contributed by atoms with Crippen LogP contribution in [-0.4, -0.2) is 14.5 Å². The van der Waals surface area contributed by atoms with E-state index in [9.17, 15) is 8.42 Å². The molecule has 0 unspecified atom stereocenters. The monoisotopic (exact) mass is 438 g/mol. The van der Waals surface area contributed by atoms with E-state index >= 15 is 0 Å². The molecule has 0 N–H and O–H groups in total.